The Morgan fingerprint density at radius 1 is 1.38 bits per heavy atom. The lowest BCUT2D eigenvalue weighted by molar-refractivity contribution is 0.124. The van der Waals surface area contributed by atoms with E-state index >= 15 is 0 Å². The summed E-state index contributed by atoms with van der Waals surface area (Å²) >= 11 is 0. The van der Waals surface area contributed by atoms with Crippen LogP contribution >= 0.6 is 0 Å². The lowest BCUT2D eigenvalue weighted by Gasteiger charge is -2.15. The fourth-order valence-electron chi connectivity index (χ4n) is 0.236. The minimum Gasteiger partial charge on any atom is -0.407 e. The molecule has 0 aliphatic carbocycles. The van der Waals surface area contributed by atoms with Gasteiger partial charge in [-0.15, -0.1) is 0 Å². The Labute approximate surface area is 54.9 Å². The topological polar surface area (TPSA) is 18.5 Å². The Balaban J connectivity index is 3.11. The summed E-state index contributed by atoms with van der Waals surface area (Å²) < 4.78 is 10.2. The van der Waals surface area contributed by atoms with E-state index in [0.29, 0.717) is 6.79 Å². The molecule has 0 unspecified atom stereocenters. The highest BCUT2D eigenvalue weighted by Gasteiger charge is 2.12. The Kier molecular flexibility index (Phi) is 3.54. The zero-order valence-corrected chi connectivity index (χ0v) is 9.02. The summed E-state index contributed by atoms with van der Waals surface area (Å²) in [5.41, 5.74) is 0. The van der Waals surface area contributed by atoms with Crippen molar-refractivity contribution in [1.82, 2.24) is 0 Å². The number of hydrogen-bond acceptors (Lipinski definition) is 2. The third-order valence-electron chi connectivity index (χ3n) is 0.610. The molecule has 0 N–H and O–H groups in total. The van der Waals surface area contributed by atoms with Crippen LogP contribution in [0, 0.1) is 0 Å². The van der Waals surface area contributed by atoms with Crippen LogP contribution in [0.15, 0.2) is 0 Å². The van der Waals surface area contributed by atoms with Gasteiger partial charge in [-0.1, -0.05) is 0 Å². The average molecular weight is 150 g/mol. The molecule has 0 saturated carbocycles. The predicted molar refractivity (Wildman–Crippen MR) is 40.3 cm³/mol. The fraction of sp³-hybridized carbons (Fsp3) is 1.00. The van der Waals surface area contributed by atoms with Crippen LogP contribution in [0.25, 0.3) is 0 Å². The molecule has 0 aromatic heterocycles. The molecule has 4 heteroatoms. The molecule has 0 aromatic carbocycles. The van der Waals surface area contributed by atoms with E-state index in [9.17, 15) is 0 Å². The first kappa shape index (κ1) is 8.35. The lowest BCUT2D eigenvalue weighted by atomic mass is 11.6. The molecule has 0 aliphatic rings. The minimum atomic E-state index is -1.28. The van der Waals surface area contributed by atoms with Crippen LogP contribution in [0.1, 0.15) is 0 Å². The summed E-state index contributed by atoms with van der Waals surface area (Å²) in [6.07, 6.45) is 0. The van der Waals surface area contributed by atoms with Gasteiger partial charge in [0.2, 0.25) is 0 Å². The van der Waals surface area contributed by atoms with Crippen molar-refractivity contribution in [2.24, 2.45) is 0 Å². The maximum atomic E-state index is 5.33. The van der Waals surface area contributed by atoms with E-state index in [1.54, 1.807) is 0 Å². The highest BCUT2D eigenvalue weighted by molar-refractivity contribution is 6.69. The summed E-state index contributed by atoms with van der Waals surface area (Å²) in [7, 11) is -0.501. The Hall–Kier alpha value is 0.354. The third kappa shape index (κ3) is 6.35. The van der Waals surface area contributed by atoms with Crippen LogP contribution in [-0.2, 0) is 8.85 Å². The molecule has 0 spiro atoms. The van der Waals surface area contributed by atoms with Gasteiger partial charge in [-0.3, -0.25) is 0 Å². The van der Waals surface area contributed by atoms with Gasteiger partial charge >= 0.3 is 0 Å². The first-order valence-corrected chi connectivity index (χ1v) is 6.91. The Morgan fingerprint density at radius 2 is 1.88 bits per heavy atom. The van der Waals surface area contributed by atoms with E-state index in [1.807, 2.05) is 0 Å². The maximum Gasteiger partial charge on any atom is 0.186 e. The molecule has 0 fully saturated rings. The second-order valence-corrected chi connectivity index (χ2v) is 7.75. The molecular weight excluding hydrogens is 136 g/mol. The molecule has 0 atom stereocenters. The summed E-state index contributed by atoms with van der Waals surface area (Å²) in [6, 6.07) is 0. The zero-order chi connectivity index (χ0) is 6.62. The first-order valence-electron chi connectivity index (χ1n) is 2.69. The van der Waals surface area contributed by atoms with Crippen molar-refractivity contribution in [2.45, 2.75) is 19.6 Å². The quantitative estimate of drug-likeness (QED) is 0.419. The van der Waals surface area contributed by atoms with Crippen molar-refractivity contribution in [2.75, 3.05) is 6.79 Å². The largest absolute Gasteiger partial charge is 0.407 e. The minimum absolute atomic E-state index is 0.502. The molecule has 8 heavy (non-hydrogen) atoms. The van der Waals surface area contributed by atoms with E-state index in [4.69, 9.17) is 8.85 Å². The van der Waals surface area contributed by atoms with Crippen LogP contribution in [0.2, 0.25) is 19.6 Å². The SMILES string of the molecule is C[Si](C)(C)OCO[SiH3]. The second-order valence-electron chi connectivity index (χ2n) is 2.66. The van der Waals surface area contributed by atoms with Crippen molar-refractivity contribution in [3.63, 3.8) is 0 Å². The van der Waals surface area contributed by atoms with Crippen molar-refractivity contribution in [3.05, 3.63) is 0 Å². The molecule has 0 amide bonds. The van der Waals surface area contributed by atoms with Crippen molar-refractivity contribution < 1.29 is 8.85 Å². The van der Waals surface area contributed by atoms with Crippen LogP contribution in [-0.4, -0.2) is 25.6 Å². The van der Waals surface area contributed by atoms with Crippen LogP contribution in [0.5, 0.6) is 0 Å². The Morgan fingerprint density at radius 3 is 2.00 bits per heavy atom. The van der Waals surface area contributed by atoms with E-state index in [1.165, 1.54) is 0 Å². The molecular formula is C4H14O2Si2. The van der Waals surface area contributed by atoms with Crippen LogP contribution in [0.3, 0.4) is 0 Å². The third-order valence-corrected chi connectivity index (χ3v) is 1.83. The van der Waals surface area contributed by atoms with Gasteiger partial charge in [-0.2, -0.15) is 0 Å². The zero-order valence-electron chi connectivity index (χ0n) is 6.02. The second kappa shape index (κ2) is 3.39. The summed E-state index contributed by atoms with van der Waals surface area (Å²) in [6.45, 7) is 6.94. The van der Waals surface area contributed by atoms with Crippen molar-refractivity contribution in [3.8, 4) is 0 Å². The van der Waals surface area contributed by atoms with Crippen molar-refractivity contribution >= 4 is 18.8 Å². The maximum absolute atomic E-state index is 5.33. The lowest BCUT2D eigenvalue weighted by Crippen LogP contribution is -2.26. The smallest absolute Gasteiger partial charge is 0.186 e. The van der Waals surface area contributed by atoms with Gasteiger partial charge in [0.05, 0.1) is 0 Å². The van der Waals surface area contributed by atoms with Gasteiger partial charge in [0, 0.05) is 0 Å². The molecule has 0 radical (unpaired) electrons. The van der Waals surface area contributed by atoms with Gasteiger partial charge in [0.1, 0.15) is 17.3 Å². The summed E-state index contributed by atoms with van der Waals surface area (Å²) in [5.74, 6) is 0. The van der Waals surface area contributed by atoms with Gasteiger partial charge in [-0.05, 0) is 19.6 Å². The number of hydrogen-bond donors (Lipinski definition) is 0. The number of rotatable bonds is 3. The van der Waals surface area contributed by atoms with Gasteiger partial charge < -0.3 is 8.85 Å². The molecule has 2 nitrogen and oxygen atoms in total. The molecule has 0 bridgehead atoms. The monoisotopic (exact) mass is 150 g/mol. The van der Waals surface area contributed by atoms with E-state index in [-0.39, 0.29) is 0 Å². The summed E-state index contributed by atoms with van der Waals surface area (Å²) in [4.78, 5) is 0. The average Bonchev–Trinajstić information content (AvgIpc) is 1.59. The van der Waals surface area contributed by atoms with Crippen LogP contribution < -0.4 is 0 Å². The predicted octanol–water partition coefficient (Wildman–Crippen LogP) is 0.0924. The molecule has 0 aliphatic heterocycles. The fourth-order valence-corrected chi connectivity index (χ4v) is 1.06. The molecule has 0 rings (SSSR count). The van der Waals surface area contributed by atoms with E-state index in [2.05, 4.69) is 19.6 Å². The molecule has 0 saturated heterocycles. The van der Waals surface area contributed by atoms with Gasteiger partial charge in [-0.25, -0.2) is 0 Å². The molecule has 0 aromatic rings. The van der Waals surface area contributed by atoms with Gasteiger partial charge in [0.25, 0.3) is 0 Å². The van der Waals surface area contributed by atoms with Gasteiger partial charge in [0.15, 0.2) is 8.32 Å². The highest BCUT2D eigenvalue weighted by atomic mass is 28.4. The summed E-state index contributed by atoms with van der Waals surface area (Å²) in [5, 5.41) is 0. The standard InChI is InChI=1S/C4H14O2Si2/c1-8(2,3)6-4-5-7/h4H2,1-3,7H3. The first-order chi connectivity index (χ1) is 3.56. The highest BCUT2D eigenvalue weighted by Crippen LogP contribution is 2.00. The normalized spacial score (nSPS) is 12.4. The Bertz CT molecular complexity index is 59.5. The van der Waals surface area contributed by atoms with Crippen LogP contribution in [0.4, 0.5) is 0 Å². The van der Waals surface area contributed by atoms with E-state index < -0.39 is 8.32 Å². The van der Waals surface area contributed by atoms with Crippen molar-refractivity contribution in [1.29, 1.82) is 0 Å². The molecule has 0 heterocycles. The van der Waals surface area contributed by atoms with E-state index in [0.717, 1.165) is 10.5 Å². The molecule has 50 valence electrons.